The number of halogens is 1. The highest BCUT2D eigenvalue weighted by Crippen LogP contribution is 2.50. The van der Waals surface area contributed by atoms with Crippen molar-refractivity contribution in [2.24, 2.45) is 5.92 Å². The molecule has 2 atom stereocenters. The van der Waals surface area contributed by atoms with Crippen LogP contribution in [0.4, 0.5) is 5.69 Å². The topological polar surface area (TPSA) is 38.8 Å². The number of anilines is 1. The number of nitrogens with zero attached hydrogens (tertiary/aromatic N) is 1. The van der Waals surface area contributed by atoms with Crippen LogP contribution in [0.1, 0.15) is 17.9 Å². The van der Waals surface area contributed by atoms with Gasteiger partial charge in [-0.2, -0.15) is 0 Å². The first kappa shape index (κ1) is 15.3. The predicted octanol–water partition coefficient (Wildman–Crippen LogP) is 3.88. The van der Waals surface area contributed by atoms with Gasteiger partial charge in [0.05, 0.1) is 19.3 Å². The fraction of sp³-hybridized carbons (Fsp3) is 0.316. The van der Waals surface area contributed by atoms with E-state index in [1.807, 2.05) is 47.4 Å². The first-order chi connectivity index (χ1) is 11.7. The Kier molecular flexibility index (Phi) is 3.85. The molecule has 24 heavy (non-hydrogen) atoms. The molecule has 1 saturated carbocycles. The van der Waals surface area contributed by atoms with Gasteiger partial charge in [-0.1, -0.05) is 23.7 Å². The average molecular weight is 344 g/mol. The molecule has 0 aromatic heterocycles. The third-order valence-electron chi connectivity index (χ3n) is 4.70. The summed E-state index contributed by atoms with van der Waals surface area (Å²) in [7, 11) is 1.62. The van der Waals surface area contributed by atoms with Crippen LogP contribution in [0, 0.1) is 5.92 Å². The van der Waals surface area contributed by atoms with Gasteiger partial charge < -0.3 is 14.4 Å². The lowest BCUT2D eigenvalue weighted by atomic mass is 10.1. The number of hydrogen-bond acceptors (Lipinski definition) is 3. The molecular formula is C19H18ClNO3. The number of methoxy groups -OCH3 is 1. The van der Waals surface area contributed by atoms with Gasteiger partial charge in [0.25, 0.3) is 0 Å². The Morgan fingerprint density at radius 1 is 1.25 bits per heavy atom. The smallest absolute Gasteiger partial charge is 0.230 e. The molecule has 124 valence electrons. The summed E-state index contributed by atoms with van der Waals surface area (Å²) in [4.78, 5) is 14.8. The molecular weight excluding hydrogens is 326 g/mol. The number of ether oxygens (including phenoxy) is 2. The molecule has 2 aromatic rings. The molecule has 0 N–H and O–H groups in total. The second-order valence-electron chi connectivity index (χ2n) is 6.17. The molecule has 2 aliphatic rings. The van der Waals surface area contributed by atoms with Crippen molar-refractivity contribution in [2.75, 3.05) is 25.2 Å². The van der Waals surface area contributed by atoms with Crippen LogP contribution in [0.5, 0.6) is 11.5 Å². The minimum Gasteiger partial charge on any atom is -0.497 e. The van der Waals surface area contributed by atoms with Crippen LogP contribution in [0.2, 0.25) is 5.02 Å². The number of hydrogen-bond donors (Lipinski definition) is 0. The molecule has 0 radical (unpaired) electrons. The first-order valence-corrected chi connectivity index (χ1v) is 8.43. The summed E-state index contributed by atoms with van der Waals surface area (Å²) in [6.45, 7) is 1.09. The molecule has 1 amide bonds. The summed E-state index contributed by atoms with van der Waals surface area (Å²) in [5.74, 6) is 1.93. The summed E-state index contributed by atoms with van der Waals surface area (Å²) in [5.41, 5.74) is 1.98. The Bertz CT molecular complexity index is 775. The molecule has 5 heteroatoms. The third-order valence-corrected chi connectivity index (χ3v) is 4.95. The molecule has 1 aliphatic heterocycles. The van der Waals surface area contributed by atoms with Crippen molar-refractivity contribution in [1.82, 2.24) is 0 Å². The van der Waals surface area contributed by atoms with Gasteiger partial charge in [0, 0.05) is 17.0 Å². The minimum absolute atomic E-state index is 0.0309. The highest BCUT2D eigenvalue weighted by Gasteiger charge is 2.46. The molecule has 0 saturated heterocycles. The summed E-state index contributed by atoms with van der Waals surface area (Å²) >= 11 is 5.94. The second-order valence-corrected chi connectivity index (χ2v) is 6.61. The number of amides is 1. The van der Waals surface area contributed by atoms with E-state index in [1.54, 1.807) is 7.11 Å². The zero-order chi connectivity index (χ0) is 16.7. The molecule has 1 fully saturated rings. The zero-order valence-corrected chi connectivity index (χ0v) is 14.1. The number of carbonyl (C=O) groups excluding carboxylic acids is 1. The average Bonchev–Trinajstić information content (AvgIpc) is 3.41. The molecule has 4 nitrogen and oxygen atoms in total. The summed E-state index contributed by atoms with van der Waals surface area (Å²) in [6, 6.07) is 13.4. The lowest BCUT2D eigenvalue weighted by Crippen LogP contribution is -2.39. The molecule has 1 aliphatic carbocycles. The van der Waals surface area contributed by atoms with E-state index in [0.29, 0.717) is 13.2 Å². The first-order valence-electron chi connectivity index (χ1n) is 8.05. The van der Waals surface area contributed by atoms with Gasteiger partial charge in [-0.15, -0.1) is 0 Å². The van der Waals surface area contributed by atoms with Gasteiger partial charge in [-0.05, 0) is 42.2 Å². The van der Waals surface area contributed by atoms with Crippen molar-refractivity contribution in [3.05, 3.63) is 53.1 Å². The molecule has 0 bridgehead atoms. The van der Waals surface area contributed by atoms with E-state index in [4.69, 9.17) is 21.1 Å². The van der Waals surface area contributed by atoms with Gasteiger partial charge >= 0.3 is 0 Å². The number of rotatable bonds is 3. The maximum absolute atomic E-state index is 13.0. The molecule has 2 aromatic carbocycles. The monoisotopic (exact) mass is 343 g/mol. The Balaban J connectivity index is 1.55. The van der Waals surface area contributed by atoms with Gasteiger partial charge in [0.1, 0.15) is 18.1 Å². The summed E-state index contributed by atoms with van der Waals surface area (Å²) in [6.07, 6.45) is 0.886. The van der Waals surface area contributed by atoms with E-state index < -0.39 is 0 Å². The van der Waals surface area contributed by atoms with Crippen molar-refractivity contribution >= 4 is 23.2 Å². The maximum atomic E-state index is 13.0. The lowest BCUT2D eigenvalue weighted by molar-refractivity contribution is -0.120. The van der Waals surface area contributed by atoms with E-state index in [1.165, 1.54) is 5.56 Å². The van der Waals surface area contributed by atoms with Crippen molar-refractivity contribution in [1.29, 1.82) is 0 Å². The largest absolute Gasteiger partial charge is 0.497 e. The highest BCUT2D eigenvalue weighted by atomic mass is 35.5. The molecule has 0 unspecified atom stereocenters. The number of fused-ring (bicyclic) bond motifs is 1. The minimum atomic E-state index is 0.0309. The molecule has 0 spiro atoms. The standard InChI is InChI=1S/C19H18ClNO3/c1-23-14-6-7-18-17(10-14)21(8-9-24-18)19(22)16-11-15(16)12-2-4-13(20)5-3-12/h2-7,10,15-16H,8-9,11H2,1H3/t15-,16-/m0/s1. The van der Waals surface area contributed by atoms with Crippen LogP contribution in [0.15, 0.2) is 42.5 Å². The number of benzene rings is 2. The fourth-order valence-corrected chi connectivity index (χ4v) is 3.43. The number of carbonyl (C=O) groups is 1. The van der Waals surface area contributed by atoms with E-state index in [0.717, 1.165) is 28.6 Å². The normalized spacial score (nSPS) is 21.7. The summed E-state index contributed by atoms with van der Waals surface area (Å²) in [5, 5.41) is 0.719. The Morgan fingerprint density at radius 2 is 2.04 bits per heavy atom. The highest BCUT2D eigenvalue weighted by molar-refractivity contribution is 6.30. The van der Waals surface area contributed by atoms with E-state index >= 15 is 0 Å². The van der Waals surface area contributed by atoms with Crippen LogP contribution in [-0.2, 0) is 4.79 Å². The SMILES string of the molecule is COc1ccc2c(c1)N(C(=O)[C@H]1C[C@H]1c1ccc(Cl)cc1)CCO2. The van der Waals surface area contributed by atoms with Crippen molar-refractivity contribution in [3.63, 3.8) is 0 Å². The van der Waals surface area contributed by atoms with Crippen molar-refractivity contribution in [2.45, 2.75) is 12.3 Å². The Labute approximate surface area is 145 Å². The zero-order valence-electron chi connectivity index (χ0n) is 13.4. The van der Waals surface area contributed by atoms with Crippen LogP contribution in [-0.4, -0.2) is 26.2 Å². The summed E-state index contributed by atoms with van der Waals surface area (Å²) < 4.78 is 10.9. The van der Waals surface area contributed by atoms with Gasteiger partial charge in [-0.3, -0.25) is 4.79 Å². The Morgan fingerprint density at radius 3 is 2.79 bits per heavy atom. The van der Waals surface area contributed by atoms with E-state index in [2.05, 4.69) is 0 Å². The van der Waals surface area contributed by atoms with Crippen LogP contribution in [0.3, 0.4) is 0 Å². The van der Waals surface area contributed by atoms with Crippen molar-refractivity contribution in [3.8, 4) is 11.5 Å². The van der Waals surface area contributed by atoms with Crippen molar-refractivity contribution < 1.29 is 14.3 Å². The predicted molar refractivity (Wildman–Crippen MR) is 93.1 cm³/mol. The van der Waals surface area contributed by atoms with Crippen LogP contribution < -0.4 is 14.4 Å². The molecule has 1 heterocycles. The second kappa shape index (κ2) is 6.02. The van der Waals surface area contributed by atoms with Crippen LogP contribution >= 0.6 is 11.6 Å². The molecule has 4 rings (SSSR count). The van der Waals surface area contributed by atoms with Gasteiger partial charge in [-0.25, -0.2) is 0 Å². The van der Waals surface area contributed by atoms with E-state index in [9.17, 15) is 4.79 Å². The van der Waals surface area contributed by atoms with Crippen LogP contribution in [0.25, 0.3) is 0 Å². The maximum Gasteiger partial charge on any atom is 0.230 e. The fourth-order valence-electron chi connectivity index (χ4n) is 3.30. The lowest BCUT2D eigenvalue weighted by Gasteiger charge is -2.30. The van der Waals surface area contributed by atoms with E-state index in [-0.39, 0.29) is 17.7 Å². The van der Waals surface area contributed by atoms with Gasteiger partial charge in [0.2, 0.25) is 5.91 Å². The Hall–Kier alpha value is -2.20. The third kappa shape index (κ3) is 2.71. The quantitative estimate of drug-likeness (QED) is 0.849. The van der Waals surface area contributed by atoms with Gasteiger partial charge in [0.15, 0.2) is 0 Å².